The molecule has 1 rings (SSSR count). The summed E-state index contributed by atoms with van der Waals surface area (Å²) in [6.45, 7) is 0. The highest BCUT2D eigenvalue weighted by Gasteiger charge is 2.14. The zero-order chi connectivity index (χ0) is 13.2. The minimum absolute atomic E-state index is 0.0395. The van der Waals surface area contributed by atoms with Gasteiger partial charge < -0.3 is 5.73 Å². The van der Waals surface area contributed by atoms with Crippen molar-refractivity contribution >= 4 is 56.1 Å². The SMILES string of the molecule is NC(=S)CS(=O)(=O)Nc1cc(Cl)c(F)c(Cl)c1. The van der Waals surface area contributed by atoms with Crippen LogP contribution in [0, 0.1) is 5.82 Å². The van der Waals surface area contributed by atoms with E-state index in [9.17, 15) is 12.8 Å². The molecule has 9 heteroatoms. The largest absolute Gasteiger partial charge is 0.392 e. The van der Waals surface area contributed by atoms with Gasteiger partial charge in [0.05, 0.1) is 20.7 Å². The number of anilines is 1. The smallest absolute Gasteiger partial charge is 0.239 e. The Morgan fingerprint density at radius 1 is 1.41 bits per heavy atom. The fourth-order valence-corrected chi connectivity index (χ4v) is 2.89. The highest BCUT2D eigenvalue weighted by atomic mass is 35.5. The molecule has 0 aromatic heterocycles. The molecule has 0 heterocycles. The maximum Gasteiger partial charge on any atom is 0.239 e. The molecular formula is C8H7Cl2FN2O2S2. The molecule has 0 saturated carbocycles. The molecule has 0 aliphatic rings. The van der Waals surface area contributed by atoms with Gasteiger partial charge in [-0.25, -0.2) is 12.8 Å². The van der Waals surface area contributed by atoms with E-state index in [0.29, 0.717) is 0 Å². The Morgan fingerprint density at radius 3 is 2.29 bits per heavy atom. The first-order valence-corrected chi connectivity index (χ1v) is 6.96. The Balaban J connectivity index is 3.01. The van der Waals surface area contributed by atoms with Gasteiger partial charge in [0.2, 0.25) is 10.0 Å². The van der Waals surface area contributed by atoms with Crippen molar-refractivity contribution in [1.82, 2.24) is 0 Å². The molecule has 17 heavy (non-hydrogen) atoms. The Labute approximate surface area is 113 Å². The number of sulfonamides is 1. The molecule has 0 aliphatic heterocycles. The Bertz CT molecular complexity index is 540. The lowest BCUT2D eigenvalue weighted by Gasteiger charge is -2.08. The number of hydrogen-bond acceptors (Lipinski definition) is 3. The number of thiocarbonyl (C=S) groups is 1. The normalized spacial score (nSPS) is 11.2. The average Bonchev–Trinajstić information content (AvgIpc) is 2.10. The number of hydrogen-bond donors (Lipinski definition) is 2. The molecule has 0 spiro atoms. The van der Waals surface area contributed by atoms with Crippen molar-refractivity contribution in [3.05, 3.63) is 28.0 Å². The van der Waals surface area contributed by atoms with Crippen molar-refractivity contribution in [2.24, 2.45) is 5.73 Å². The number of rotatable bonds is 4. The van der Waals surface area contributed by atoms with Crippen LogP contribution in [0.4, 0.5) is 10.1 Å². The van der Waals surface area contributed by atoms with Gasteiger partial charge in [0.1, 0.15) is 5.75 Å². The highest BCUT2D eigenvalue weighted by Crippen LogP contribution is 2.27. The van der Waals surface area contributed by atoms with Crippen LogP contribution >= 0.6 is 35.4 Å². The Kier molecular flexibility index (Phi) is 4.54. The molecular weight excluding hydrogens is 310 g/mol. The van der Waals surface area contributed by atoms with Crippen LogP contribution in [0.2, 0.25) is 10.0 Å². The van der Waals surface area contributed by atoms with Crippen molar-refractivity contribution in [1.29, 1.82) is 0 Å². The summed E-state index contributed by atoms with van der Waals surface area (Å²) in [7, 11) is -3.74. The summed E-state index contributed by atoms with van der Waals surface area (Å²) in [6, 6.07) is 2.19. The zero-order valence-corrected chi connectivity index (χ0v) is 11.4. The molecule has 0 bridgehead atoms. The summed E-state index contributed by atoms with van der Waals surface area (Å²) in [5, 5.41) is -0.573. The van der Waals surface area contributed by atoms with E-state index < -0.39 is 21.6 Å². The van der Waals surface area contributed by atoms with Gasteiger partial charge in [-0.05, 0) is 12.1 Å². The molecule has 0 fully saturated rings. The second-order valence-corrected chi connectivity index (χ2v) is 6.14. The van der Waals surface area contributed by atoms with Crippen molar-refractivity contribution in [3.8, 4) is 0 Å². The van der Waals surface area contributed by atoms with Gasteiger partial charge in [-0.1, -0.05) is 35.4 Å². The summed E-state index contributed by atoms with van der Waals surface area (Å²) in [4.78, 5) is -0.184. The molecule has 4 nitrogen and oxygen atoms in total. The lowest BCUT2D eigenvalue weighted by Crippen LogP contribution is -2.26. The number of halogens is 3. The van der Waals surface area contributed by atoms with Crippen molar-refractivity contribution in [2.45, 2.75) is 0 Å². The van der Waals surface area contributed by atoms with Gasteiger partial charge in [-0.2, -0.15) is 0 Å². The van der Waals surface area contributed by atoms with Gasteiger partial charge in [-0.15, -0.1) is 0 Å². The molecule has 1 aromatic carbocycles. The van der Waals surface area contributed by atoms with E-state index in [1.54, 1.807) is 0 Å². The van der Waals surface area contributed by atoms with Crippen molar-refractivity contribution in [3.63, 3.8) is 0 Å². The van der Waals surface area contributed by atoms with Gasteiger partial charge in [0.15, 0.2) is 5.82 Å². The highest BCUT2D eigenvalue weighted by molar-refractivity contribution is 7.95. The molecule has 94 valence electrons. The van der Waals surface area contributed by atoms with Gasteiger partial charge >= 0.3 is 0 Å². The Hall–Kier alpha value is -0.630. The maximum atomic E-state index is 13.1. The second-order valence-electron chi connectivity index (χ2n) is 3.08. The van der Waals surface area contributed by atoms with Crippen LogP contribution in [0.5, 0.6) is 0 Å². The topological polar surface area (TPSA) is 72.2 Å². The van der Waals surface area contributed by atoms with E-state index in [-0.39, 0.29) is 20.7 Å². The molecule has 0 saturated heterocycles. The van der Waals surface area contributed by atoms with Crippen LogP contribution in [0.15, 0.2) is 12.1 Å². The fraction of sp³-hybridized carbons (Fsp3) is 0.125. The molecule has 0 radical (unpaired) electrons. The van der Waals surface area contributed by atoms with Crippen molar-refractivity contribution < 1.29 is 12.8 Å². The molecule has 0 aliphatic carbocycles. The molecule has 3 N–H and O–H groups in total. The van der Waals surface area contributed by atoms with Crippen LogP contribution in [-0.4, -0.2) is 19.2 Å². The lowest BCUT2D eigenvalue weighted by molar-refractivity contribution is 0.604. The maximum absolute atomic E-state index is 13.1. The zero-order valence-electron chi connectivity index (χ0n) is 8.21. The van der Waals surface area contributed by atoms with E-state index in [1.165, 1.54) is 0 Å². The van der Waals surface area contributed by atoms with E-state index >= 15 is 0 Å². The predicted octanol–water partition coefficient (Wildman–Crippen LogP) is 2.16. The van der Waals surface area contributed by atoms with E-state index in [1.807, 2.05) is 0 Å². The fourth-order valence-electron chi connectivity index (χ4n) is 1.02. The minimum Gasteiger partial charge on any atom is -0.392 e. The van der Waals surface area contributed by atoms with E-state index in [0.717, 1.165) is 12.1 Å². The third-order valence-electron chi connectivity index (χ3n) is 1.59. The average molecular weight is 317 g/mol. The molecule has 0 amide bonds. The third kappa shape index (κ3) is 4.27. The first-order chi connectivity index (χ1) is 7.71. The van der Waals surface area contributed by atoms with Gasteiger partial charge in [0, 0.05) is 0 Å². The van der Waals surface area contributed by atoms with Crippen molar-refractivity contribution in [2.75, 3.05) is 10.5 Å². The Morgan fingerprint density at radius 2 is 1.88 bits per heavy atom. The summed E-state index contributed by atoms with van der Waals surface area (Å²) >= 11 is 15.5. The second kappa shape index (κ2) is 5.34. The predicted molar refractivity (Wildman–Crippen MR) is 70.6 cm³/mol. The summed E-state index contributed by atoms with van der Waals surface area (Å²) in [6.07, 6.45) is 0. The monoisotopic (exact) mass is 316 g/mol. The minimum atomic E-state index is -3.74. The standard InChI is InChI=1S/C8H7Cl2FN2O2S2/c9-5-1-4(2-6(10)8(5)11)13-17(14,15)3-7(12)16/h1-2,13H,3H2,(H2,12,16). The quantitative estimate of drug-likeness (QED) is 0.659. The van der Waals surface area contributed by atoms with Crippen LogP contribution in [0.3, 0.4) is 0 Å². The first kappa shape index (κ1) is 14.4. The summed E-state index contributed by atoms with van der Waals surface area (Å²) in [5.41, 5.74) is 5.16. The molecule has 0 atom stereocenters. The van der Waals surface area contributed by atoms with E-state index in [2.05, 4.69) is 16.9 Å². The third-order valence-corrected chi connectivity index (χ3v) is 3.70. The van der Waals surface area contributed by atoms with Crippen LogP contribution < -0.4 is 10.5 Å². The van der Waals surface area contributed by atoms with Crippen LogP contribution in [-0.2, 0) is 10.0 Å². The van der Waals surface area contributed by atoms with Crippen LogP contribution in [0.1, 0.15) is 0 Å². The molecule has 0 unspecified atom stereocenters. The van der Waals surface area contributed by atoms with Gasteiger partial charge in [-0.3, -0.25) is 4.72 Å². The lowest BCUT2D eigenvalue weighted by atomic mass is 10.3. The van der Waals surface area contributed by atoms with Gasteiger partial charge in [0.25, 0.3) is 0 Å². The number of benzene rings is 1. The summed E-state index contributed by atoms with van der Waals surface area (Å²) < 4.78 is 38.1. The molecule has 1 aromatic rings. The van der Waals surface area contributed by atoms with E-state index in [4.69, 9.17) is 28.9 Å². The first-order valence-electron chi connectivity index (χ1n) is 4.14. The summed E-state index contributed by atoms with van der Waals surface area (Å²) in [5.74, 6) is -1.33. The van der Waals surface area contributed by atoms with Crippen LogP contribution in [0.25, 0.3) is 0 Å². The number of nitrogens with one attached hydrogen (secondary N) is 1. The number of nitrogens with two attached hydrogens (primary N) is 1.